The van der Waals surface area contributed by atoms with Gasteiger partial charge in [-0.15, -0.1) is 0 Å². The highest BCUT2D eigenvalue weighted by molar-refractivity contribution is 7.89. The van der Waals surface area contributed by atoms with Crippen LogP contribution in [0.3, 0.4) is 0 Å². The number of halogens is 1. The molecule has 2 heterocycles. The molecule has 1 aromatic rings. The van der Waals surface area contributed by atoms with E-state index in [9.17, 15) is 27.2 Å². The molecule has 1 spiro atoms. The number of nitrogens with zero attached hydrogens (tertiary/aromatic N) is 3. The van der Waals surface area contributed by atoms with Crippen molar-refractivity contribution < 1.29 is 27.2 Å². The molecule has 2 aliphatic heterocycles. The number of rotatable bonds is 5. The predicted molar refractivity (Wildman–Crippen MR) is 112 cm³/mol. The number of amides is 4. The Labute approximate surface area is 186 Å². The smallest absolute Gasteiger partial charge is 0.325 e. The summed E-state index contributed by atoms with van der Waals surface area (Å²) in [5, 5.41) is 2.80. The van der Waals surface area contributed by atoms with Crippen molar-refractivity contribution in [1.82, 2.24) is 19.4 Å². The van der Waals surface area contributed by atoms with E-state index in [1.165, 1.54) is 16.4 Å². The van der Waals surface area contributed by atoms with Gasteiger partial charge in [0.15, 0.2) is 0 Å². The van der Waals surface area contributed by atoms with E-state index in [2.05, 4.69) is 5.32 Å². The fourth-order valence-corrected chi connectivity index (χ4v) is 6.17. The van der Waals surface area contributed by atoms with Gasteiger partial charge in [-0.05, 0) is 43.5 Å². The lowest BCUT2D eigenvalue weighted by molar-refractivity contribution is -0.133. The molecule has 32 heavy (non-hydrogen) atoms. The number of hydrogen-bond acceptors (Lipinski definition) is 5. The molecule has 1 saturated carbocycles. The summed E-state index contributed by atoms with van der Waals surface area (Å²) in [7, 11) is -3.78. The third-order valence-electron chi connectivity index (χ3n) is 6.51. The lowest BCUT2D eigenvalue weighted by Crippen LogP contribution is -2.44. The molecule has 2 saturated heterocycles. The maximum Gasteiger partial charge on any atom is 0.325 e. The van der Waals surface area contributed by atoms with Crippen molar-refractivity contribution in [2.45, 2.75) is 49.0 Å². The van der Waals surface area contributed by atoms with E-state index < -0.39 is 27.4 Å². The molecule has 4 rings (SSSR count). The maximum atomic E-state index is 13.1. The molecule has 1 N–H and O–H groups in total. The van der Waals surface area contributed by atoms with Gasteiger partial charge in [-0.2, -0.15) is 4.31 Å². The summed E-state index contributed by atoms with van der Waals surface area (Å²) in [6, 6.07) is 4.22. The lowest BCUT2D eigenvalue weighted by Gasteiger charge is -2.23. The van der Waals surface area contributed by atoms with Crippen LogP contribution >= 0.6 is 0 Å². The van der Waals surface area contributed by atoms with Crippen molar-refractivity contribution in [2.75, 3.05) is 32.7 Å². The zero-order valence-corrected chi connectivity index (χ0v) is 18.6. The fourth-order valence-electron chi connectivity index (χ4n) is 4.70. The molecular weight excluding hydrogens is 439 g/mol. The van der Waals surface area contributed by atoms with Crippen LogP contribution in [0.4, 0.5) is 9.18 Å². The second-order valence-electron chi connectivity index (χ2n) is 8.52. The average molecular weight is 467 g/mol. The first-order valence-corrected chi connectivity index (χ1v) is 12.3. The van der Waals surface area contributed by atoms with Gasteiger partial charge in [0.05, 0.1) is 4.90 Å². The molecule has 0 aromatic heterocycles. The Hall–Kier alpha value is -2.53. The van der Waals surface area contributed by atoms with E-state index in [-0.39, 0.29) is 49.3 Å². The first-order chi connectivity index (χ1) is 15.2. The van der Waals surface area contributed by atoms with Crippen LogP contribution in [0.5, 0.6) is 0 Å². The van der Waals surface area contributed by atoms with Gasteiger partial charge < -0.3 is 10.2 Å². The van der Waals surface area contributed by atoms with E-state index in [1.54, 1.807) is 4.90 Å². The zero-order chi connectivity index (χ0) is 22.9. The molecule has 0 bridgehead atoms. The van der Waals surface area contributed by atoms with Gasteiger partial charge in [-0.1, -0.05) is 12.8 Å². The van der Waals surface area contributed by atoms with Crippen LogP contribution in [0.1, 0.15) is 38.5 Å². The first kappa shape index (κ1) is 22.7. The van der Waals surface area contributed by atoms with Crippen molar-refractivity contribution in [2.24, 2.45) is 0 Å². The molecular formula is C21H27FN4O5S. The number of imide groups is 1. The minimum absolute atomic E-state index is 0.0000475. The van der Waals surface area contributed by atoms with Gasteiger partial charge in [0.1, 0.15) is 11.4 Å². The van der Waals surface area contributed by atoms with Crippen LogP contribution in [0.2, 0.25) is 0 Å². The summed E-state index contributed by atoms with van der Waals surface area (Å²) in [6.45, 7) is 0.984. The number of nitrogens with one attached hydrogen (secondary N) is 1. The summed E-state index contributed by atoms with van der Waals surface area (Å²) >= 11 is 0. The highest BCUT2D eigenvalue weighted by Crippen LogP contribution is 2.35. The monoisotopic (exact) mass is 466 g/mol. The van der Waals surface area contributed by atoms with Crippen molar-refractivity contribution >= 4 is 27.9 Å². The number of sulfonamides is 1. The van der Waals surface area contributed by atoms with Crippen molar-refractivity contribution in [3.05, 3.63) is 30.1 Å². The quantitative estimate of drug-likeness (QED) is 0.659. The number of benzene rings is 1. The van der Waals surface area contributed by atoms with Crippen molar-refractivity contribution in [3.8, 4) is 0 Å². The first-order valence-electron chi connectivity index (χ1n) is 10.9. The Morgan fingerprint density at radius 2 is 1.69 bits per heavy atom. The summed E-state index contributed by atoms with van der Waals surface area (Å²) in [5.74, 6) is -0.986. The molecule has 0 unspecified atom stereocenters. The largest absolute Gasteiger partial charge is 0.341 e. The van der Waals surface area contributed by atoms with E-state index in [0.29, 0.717) is 25.8 Å². The third kappa shape index (κ3) is 4.23. The SMILES string of the molecule is O=C(CCN1C(=O)NC2(CCCC2)C1=O)N1CCCN(S(=O)(=O)c2ccc(F)cc2)CC1. The molecule has 3 fully saturated rings. The van der Waals surface area contributed by atoms with E-state index in [0.717, 1.165) is 29.9 Å². The van der Waals surface area contributed by atoms with Gasteiger partial charge in [-0.25, -0.2) is 17.6 Å². The minimum Gasteiger partial charge on any atom is -0.341 e. The van der Waals surface area contributed by atoms with Gasteiger partial charge in [0.25, 0.3) is 5.91 Å². The molecule has 0 atom stereocenters. The zero-order valence-electron chi connectivity index (χ0n) is 17.8. The molecule has 1 aromatic carbocycles. The predicted octanol–water partition coefficient (Wildman–Crippen LogP) is 1.30. The number of carbonyl (C=O) groups excluding carboxylic acids is 3. The molecule has 4 amide bonds. The van der Waals surface area contributed by atoms with Crippen LogP contribution < -0.4 is 5.32 Å². The second kappa shape index (κ2) is 8.78. The van der Waals surface area contributed by atoms with Crippen LogP contribution in [-0.4, -0.2) is 78.6 Å². The second-order valence-corrected chi connectivity index (χ2v) is 10.5. The van der Waals surface area contributed by atoms with Gasteiger partial charge >= 0.3 is 6.03 Å². The Morgan fingerprint density at radius 3 is 2.38 bits per heavy atom. The Bertz CT molecular complexity index is 1010. The number of urea groups is 1. The average Bonchev–Trinajstić information content (AvgIpc) is 3.20. The normalized spacial score (nSPS) is 21.8. The summed E-state index contributed by atoms with van der Waals surface area (Å²) in [5.41, 5.74) is -0.794. The minimum atomic E-state index is -3.78. The van der Waals surface area contributed by atoms with Gasteiger partial charge in [0, 0.05) is 39.1 Å². The van der Waals surface area contributed by atoms with Crippen molar-refractivity contribution in [1.29, 1.82) is 0 Å². The molecule has 174 valence electrons. The number of hydrogen-bond donors (Lipinski definition) is 1. The van der Waals surface area contributed by atoms with Crippen molar-refractivity contribution in [3.63, 3.8) is 0 Å². The van der Waals surface area contributed by atoms with Crippen LogP contribution in [0, 0.1) is 5.82 Å². The molecule has 11 heteroatoms. The highest BCUT2D eigenvalue weighted by Gasteiger charge is 2.52. The molecule has 0 radical (unpaired) electrons. The van der Waals surface area contributed by atoms with Gasteiger partial charge in [0.2, 0.25) is 15.9 Å². The molecule has 3 aliphatic rings. The topological polar surface area (TPSA) is 107 Å². The Balaban J connectivity index is 1.33. The van der Waals surface area contributed by atoms with Crippen LogP contribution in [-0.2, 0) is 19.6 Å². The number of carbonyl (C=O) groups is 3. The van der Waals surface area contributed by atoms with E-state index in [1.807, 2.05) is 0 Å². The highest BCUT2D eigenvalue weighted by atomic mass is 32.2. The Kier molecular flexibility index (Phi) is 6.22. The fraction of sp³-hybridized carbons (Fsp3) is 0.571. The molecule has 1 aliphatic carbocycles. The summed E-state index contributed by atoms with van der Waals surface area (Å²) < 4.78 is 40.1. The van der Waals surface area contributed by atoms with Gasteiger partial charge in [-0.3, -0.25) is 14.5 Å². The summed E-state index contributed by atoms with van der Waals surface area (Å²) in [4.78, 5) is 40.4. The Morgan fingerprint density at radius 1 is 1.00 bits per heavy atom. The maximum absolute atomic E-state index is 13.1. The van der Waals surface area contributed by atoms with E-state index in [4.69, 9.17) is 0 Å². The van der Waals surface area contributed by atoms with Crippen LogP contribution in [0.25, 0.3) is 0 Å². The lowest BCUT2D eigenvalue weighted by atomic mass is 9.98. The standard InChI is InChI=1S/C21H27FN4O5S/c22-16-4-6-17(7-5-16)32(30,31)25-12-3-11-24(14-15-25)18(27)8-13-26-19(28)21(23-20(26)29)9-1-2-10-21/h4-7H,1-3,8-15H2,(H,23,29). The van der Waals surface area contributed by atoms with E-state index >= 15 is 0 Å². The summed E-state index contributed by atoms with van der Waals surface area (Å²) in [6.07, 6.45) is 3.51. The van der Waals surface area contributed by atoms with Crippen LogP contribution in [0.15, 0.2) is 29.2 Å². The molecule has 9 nitrogen and oxygen atoms in total. The third-order valence-corrected chi connectivity index (χ3v) is 8.42.